The van der Waals surface area contributed by atoms with Gasteiger partial charge in [-0.05, 0) is 50.9 Å². The van der Waals surface area contributed by atoms with E-state index in [0.29, 0.717) is 30.4 Å². The molecule has 23 heavy (non-hydrogen) atoms. The molecule has 1 aliphatic heterocycles. The fourth-order valence-electron chi connectivity index (χ4n) is 2.49. The predicted octanol–water partition coefficient (Wildman–Crippen LogP) is 1.51. The van der Waals surface area contributed by atoms with E-state index in [1.807, 2.05) is 7.05 Å². The highest BCUT2D eigenvalue weighted by Crippen LogP contribution is 2.28. The third kappa shape index (κ3) is 4.76. The number of carbonyl (C=O) groups is 1. The first-order chi connectivity index (χ1) is 10.9. The molecular weight excluding hydrogens is 334 g/mol. The molecule has 8 heteroatoms. The van der Waals surface area contributed by atoms with Crippen LogP contribution in [-0.2, 0) is 10.0 Å². The molecule has 0 aromatic carbocycles. The number of sulfonamides is 1. The molecule has 0 bridgehead atoms. The van der Waals surface area contributed by atoms with Crippen LogP contribution in [0.25, 0.3) is 0 Å². The molecule has 1 aliphatic rings. The van der Waals surface area contributed by atoms with E-state index in [1.54, 1.807) is 12.1 Å². The van der Waals surface area contributed by atoms with Crippen LogP contribution in [0.1, 0.15) is 35.9 Å². The van der Waals surface area contributed by atoms with Gasteiger partial charge in [-0.2, -0.15) is 4.31 Å². The van der Waals surface area contributed by atoms with Crippen LogP contribution in [0.4, 0.5) is 0 Å². The molecule has 130 valence electrons. The van der Waals surface area contributed by atoms with Crippen molar-refractivity contribution in [3.05, 3.63) is 17.0 Å². The lowest BCUT2D eigenvalue weighted by Gasteiger charge is -2.28. The first kappa shape index (κ1) is 18.4. The van der Waals surface area contributed by atoms with Crippen molar-refractivity contribution < 1.29 is 13.2 Å². The minimum atomic E-state index is -3.47. The van der Waals surface area contributed by atoms with Crippen LogP contribution in [0.3, 0.4) is 0 Å². The smallest absolute Gasteiger partial charge is 0.261 e. The van der Waals surface area contributed by atoms with Crippen LogP contribution in [0.5, 0.6) is 0 Å². The summed E-state index contributed by atoms with van der Waals surface area (Å²) in [7, 11) is -1.60. The van der Waals surface area contributed by atoms with E-state index in [9.17, 15) is 13.2 Å². The molecule has 0 saturated carbocycles. The summed E-state index contributed by atoms with van der Waals surface area (Å²) in [5.41, 5.74) is 0. The molecule has 0 aliphatic carbocycles. The van der Waals surface area contributed by atoms with Crippen molar-refractivity contribution in [1.82, 2.24) is 14.9 Å². The van der Waals surface area contributed by atoms with Gasteiger partial charge in [0.05, 0.1) is 4.88 Å². The summed E-state index contributed by atoms with van der Waals surface area (Å²) in [5, 5.41) is 5.82. The number of piperidine rings is 1. The summed E-state index contributed by atoms with van der Waals surface area (Å²) in [6.45, 7) is 4.67. The molecule has 0 unspecified atom stereocenters. The number of hydrogen-bond acceptors (Lipinski definition) is 5. The molecule has 0 radical (unpaired) electrons. The number of hydrogen-bond donors (Lipinski definition) is 2. The van der Waals surface area contributed by atoms with Gasteiger partial charge in [0.15, 0.2) is 0 Å². The van der Waals surface area contributed by atoms with Crippen LogP contribution >= 0.6 is 11.3 Å². The molecule has 1 amide bonds. The number of nitrogens with one attached hydrogen (secondary N) is 2. The second kappa shape index (κ2) is 8.23. The largest absolute Gasteiger partial charge is 0.351 e. The van der Waals surface area contributed by atoms with Gasteiger partial charge in [0.25, 0.3) is 15.9 Å². The molecule has 2 rings (SSSR count). The molecule has 1 aromatic heterocycles. The Kier molecular flexibility index (Phi) is 6.58. The first-order valence-electron chi connectivity index (χ1n) is 7.98. The third-order valence-electron chi connectivity index (χ3n) is 4.03. The van der Waals surface area contributed by atoms with Crippen molar-refractivity contribution in [2.75, 3.05) is 33.2 Å². The van der Waals surface area contributed by atoms with E-state index >= 15 is 0 Å². The van der Waals surface area contributed by atoms with Crippen molar-refractivity contribution in [3.8, 4) is 0 Å². The fourth-order valence-corrected chi connectivity index (χ4v) is 5.33. The Morgan fingerprint density at radius 2 is 2.00 bits per heavy atom. The van der Waals surface area contributed by atoms with Crippen molar-refractivity contribution in [2.24, 2.45) is 5.92 Å². The van der Waals surface area contributed by atoms with E-state index in [2.05, 4.69) is 17.6 Å². The van der Waals surface area contributed by atoms with E-state index in [1.165, 1.54) is 4.31 Å². The number of thiophene rings is 1. The molecule has 6 nitrogen and oxygen atoms in total. The summed E-state index contributed by atoms with van der Waals surface area (Å²) in [6.07, 6.45) is 2.62. The molecule has 2 N–H and O–H groups in total. The lowest BCUT2D eigenvalue weighted by Crippen LogP contribution is -2.37. The zero-order valence-electron chi connectivity index (χ0n) is 13.7. The fraction of sp³-hybridized carbons (Fsp3) is 0.667. The minimum absolute atomic E-state index is 0.209. The van der Waals surface area contributed by atoms with Crippen LogP contribution in [0.2, 0.25) is 0 Å². The van der Waals surface area contributed by atoms with Crippen LogP contribution in [-0.4, -0.2) is 51.9 Å². The highest BCUT2D eigenvalue weighted by molar-refractivity contribution is 7.91. The minimum Gasteiger partial charge on any atom is -0.351 e. The molecule has 0 atom stereocenters. The van der Waals surface area contributed by atoms with Gasteiger partial charge in [-0.15, -0.1) is 11.3 Å². The summed E-state index contributed by atoms with van der Waals surface area (Å²) in [4.78, 5) is 12.5. The topological polar surface area (TPSA) is 78.5 Å². The zero-order chi connectivity index (χ0) is 16.9. The standard InChI is InChI=1S/C15H25N3O3S2/c1-12-6-10-18(11-7-12)23(20,21)14-5-4-13(22-14)15(19)17-9-3-8-16-2/h4-5,12,16H,3,6-11H2,1-2H3,(H,17,19). The van der Waals surface area contributed by atoms with Crippen LogP contribution in [0, 0.1) is 5.92 Å². The van der Waals surface area contributed by atoms with Crippen molar-refractivity contribution in [3.63, 3.8) is 0 Å². The van der Waals surface area contributed by atoms with Gasteiger partial charge >= 0.3 is 0 Å². The van der Waals surface area contributed by atoms with Crippen LogP contribution < -0.4 is 10.6 Å². The van der Waals surface area contributed by atoms with E-state index in [-0.39, 0.29) is 10.1 Å². The van der Waals surface area contributed by atoms with Gasteiger partial charge in [0, 0.05) is 19.6 Å². The quantitative estimate of drug-likeness (QED) is 0.724. The van der Waals surface area contributed by atoms with Gasteiger partial charge < -0.3 is 10.6 Å². The highest BCUT2D eigenvalue weighted by Gasteiger charge is 2.29. The lowest BCUT2D eigenvalue weighted by atomic mass is 10.0. The third-order valence-corrected chi connectivity index (χ3v) is 7.48. The summed E-state index contributed by atoms with van der Waals surface area (Å²) < 4.78 is 27.0. The predicted molar refractivity (Wildman–Crippen MR) is 92.4 cm³/mol. The second-order valence-electron chi connectivity index (χ2n) is 5.92. The number of amides is 1. The summed E-state index contributed by atoms with van der Waals surface area (Å²) in [5.74, 6) is 0.364. The Morgan fingerprint density at radius 3 is 2.65 bits per heavy atom. The van der Waals surface area contributed by atoms with Crippen molar-refractivity contribution in [1.29, 1.82) is 0 Å². The highest BCUT2D eigenvalue weighted by atomic mass is 32.2. The maximum atomic E-state index is 12.6. The maximum absolute atomic E-state index is 12.6. The zero-order valence-corrected chi connectivity index (χ0v) is 15.3. The molecule has 2 heterocycles. The second-order valence-corrected chi connectivity index (χ2v) is 9.17. The van der Waals surface area contributed by atoms with Gasteiger partial charge in [0.1, 0.15) is 4.21 Å². The van der Waals surface area contributed by atoms with Crippen molar-refractivity contribution >= 4 is 27.3 Å². The summed E-state index contributed by atoms with van der Waals surface area (Å²) >= 11 is 1.05. The number of nitrogens with zero attached hydrogens (tertiary/aromatic N) is 1. The van der Waals surface area contributed by atoms with Gasteiger partial charge in [-0.3, -0.25) is 4.79 Å². The number of rotatable bonds is 7. The summed E-state index contributed by atoms with van der Waals surface area (Å²) in [6, 6.07) is 3.14. The SMILES string of the molecule is CNCCCNC(=O)c1ccc(S(=O)(=O)N2CCC(C)CC2)s1. The van der Waals surface area contributed by atoms with E-state index in [4.69, 9.17) is 0 Å². The molecule has 1 aromatic rings. The van der Waals surface area contributed by atoms with Gasteiger partial charge in [-0.25, -0.2) is 8.42 Å². The van der Waals surface area contributed by atoms with E-state index in [0.717, 1.165) is 37.1 Å². The Bertz CT molecular complexity index is 620. The molecule has 1 fully saturated rings. The molecule has 0 spiro atoms. The molecule has 1 saturated heterocycles. The van der Waals surface area contributed by atoms with Crippen LogP contribution in [0.15, 0.2) is 16.3 Å². The van der Waals surface area contributed by atoms with Crippen molar-refractivity contribution in [2.45, 2.75) is 30.4 Å². The monoisotopic (exact) mass is 359 g/mol. The average Bonchev–Trinajstić information content (AvgIpc) is 3.02. The van der Waals surface area contributed by atoms with Gasteiger partial charge in [-0.1, -0.05) is 6.92 Å². The number of carbonyl (C=O) groups excluding carboxylic acids is 1. The average molecular weight is 360 g/mol. The van der Waals surface area contributed by atoms with Gasteiger partial charge in [0.2, 0.25) is 0 Å². The first-order valence-corrected chi connectivity index (χ1v) is 10.2. The van der Waals surface area contributed by atoms with E-state index < -0.39 is 10.0 Å². The maximum Gasteiger partial charge on any atom is 0.261 e. The normalized spacial score (nSPS) is 17.3. The molecular formula is C15H25N3O3S2. The Morgan fingerprint density at radius 1 is 1.30 bits per heavy atom. The Balaban J connectivity index is 1.99. The Labute approximate surface area is 142 Å². The Hall–Kier alpha value is -0.960. The lowest BCUT2D eigenvalue weighted by molar-refractivity contribution is 0.0957.